The molecule has 0 atom stereocenters. The van der Waals surface area contributed by atoms with E-state index >= 15 is 0 Å². The highest BCUT2D eigenvalue weighted by atomic mass is 16.5. The van der Waals surface area contributed by atoms with Crippen molar-refractivity contribution in [3.63, 3.8) is 0 Å². The third-order valence-electron chi connectivity index (χ3n) is 5.46. The van der Waals surface area contributed by atoms with Crippen molar-refractivity contribution in [3.05, 3.63) is 82.4 Å². The number of nitrogens with one attached hydrogen (secondary N) is 1. The van der Waals surface area contributed by atoms with Gasteiger partial charge in [0.05, 0.1) is 12.8 Å². The lowest BCUT2D eigenvalue weighted by molar-refractivity contribution is 0.0929. The maximum atomic E-state index is 12.5. The molecule has 6 heteroatoms. The van der Waals surface area contributed by atoms with Crippen molar-refractivity contribution in [2.45, 2.75) is 34.6 Å². The second kappa shape index (κ2) is 8.75. The zero-order valence-electron chi connectivity index (χ0n) is 19.0. The number of nitrogens with zero attached hydrogens (tertiary/aromatic N) is 2. The Balaban J connectivity index is 1.52. The van der Waals surface area contributed by atoms with Crippen molar-refractivity contribution in [3.8, 4) is 11.4 Å². The molecule has 164 valence electrons. The summed E-state index contributed by atoms with van der Waals surface area (Å²) in [6.45, 7) is 10.8. The molecule has 0 saturated carbocycles. The Morgan fingerprint density at radius 2 is 1.91 bits per heavy atom. The van der Waals surface area contributed by atoms with E-state index in [1.54, 1.807) is 18.3 Å². The molecular formula is C26H27N3O3. The van der Waals surface area contributed by atoms with Crippen LogP contribution in [0.2, 0.25) is 0 Å². The number of ether oxygens (including phenoxy) is 1. The molecular weight excluding hydrogens is 402 g/mol. The van der Waals surface area contributed by atoms with Crippen LogP contribution in [0, 0.1) is 27.7 Å². The van der Waals surface area contributed by atoms with Crippen LogP contribution in [0.4, 0.5) is 0 Å². The minimum atomic E-state index is -0.404. The molecule has 0 aliphatic rings. The number of benzene rings is 2. The Morgan fingerprint density at radius 1 is 1.09 bits per heavy atom. The van der Waals surface area contributed by atoms with E-state index in [0.29, 0.717) is 12.2 Å². The third-order valence-corrected chi connectivity index (χ3v) is 5.46. The smallest absolute Gasteiger partial charge is 0.307 e. The number of fused-ring (bicyclic) bond motifs is 1. The summed E-state index contributed by atoms with van der Waals surface area (Å²) >= 11 is 0. The molecule has 4 rings (SSSR count). The number of carbonyl (C=O) groups is 1. The molecule has 0 aliphatic heterocycles. The lowest BCUT2D eigenvalue weighted by Crippen LogP contribution is -2.16. The van der Waals surface area contributed by atoms with Gasteiger partial charge in [-0.25, -0.2) is 5.43 Å². The number of furan rings is 1. The van der Waals surface area contributed by atoms with Gasteiger partial charge in [-0.2, -0.15) is 5.10 Å². The molecule has 0 bridgehead atoms. The van der Waals surface area contributed by atoms with Gasteiger partial charge in [0, 0.05) is 28.0 Å². The topological polar surface area (TPSA) is 68.8 Å². The maximum Gasteiger partial charge on any atom is 0.307 e. The van der Waals surface area contributed by atoms with Crippen LogP contribution in [-0.4, -0.2) is 23.3 Å². The number of hydrazone groups is 1. The minimum absolute atomic E-state index is 0.201. The first kappa shape index (κ1) is 21.4. The largest absolute Gasteiger partial charge is 0.494 e. The summed E-state index contributed by atoms with van der Waals surface area (Å²) in [5.41, 5.74) is 9.86. The van der Waals surface area contributed by atoms with Gasteiger partial charge in [-0.05, 0) is 76.6 Å². The quantitative estimate of drug-likeness (QED) is 0.319. The van der Waals surface area contributed by atoms with Crippen LogP contribution in [0.5, 0.6) is 5.75 Å². The van der Waals surface area contributed by atoms with E-state index < -0.39 is 5.91 Å². The summed E-state index contributed by atoms with van der Waals surface area (Å²) in [6, 6.07) is 15.6. The maximum absolute atomic E-state index is 12.5. The van der Waals surface area contributed by atoms with Gasteiger partial charge in [0.2, 0.25) is 0 Å². The van der Waals surface area contributed by atoms with Crippen LogP contribution in [0.15, 0.2) is 58.0 Å². The zero-order valence-corrected chi connectivity index (χ0v) is 19.0. The van der Waals surface area contributed by atoms with Crippen LogP contribution in [-0.2, 0) is 0 Å². The van der Waals surface area contributed by atoms with Crippen molar-refractivity contribution in [2.75, 3.05) is 6.61 Å². The second-order valence-electron chi connectivity index (χ2n) is 7.89. The molecule has 0 fully saturated rings. The Labute approximate surface area is 187 Å². The first-order valence-corrected chi connectivity index (χ1v) is 10.6. The van der Waals surface area contributed by atoms with Gasteiger partial charge in [0.25, 0.3) is 0 Å². The van der Waals surface area contributed by atoms with Gasteiger partial charge < -0.3 is 13.7 Å². The molecule has 32 heavy (non-hydrogen) atoms. The van der Waals surface area contributed by atoms with Gasteiger partial charge in [-0.3, -0.25) is 4.79 Å². The molecule has 2 aromatic carbocycles. The van der Waals surface area contributed by atoms with Crippen molar-refractivity contribution in [1.82, 2.24) is 9.99 Å². The standard InChI is InChI=1S/C26H27N3O3/c1-6-31-22-8-10-24-20(13-22)14-25(32-24)26(30)28-27-15-21-12-18(4)29(19(21)5)23-9-7-16(2)11-17(23)3/h7-15H,6H2,1-5H3,(H,28,30)/b27-15+. The van der Waals surface area contributed by atoms with Crippen LogP contribution < -0.4 is 10.2 Å². The molecule has 2 aromatic heterocycles. The van der Waals surface area contributed by atoms with E-state index in [4.69, 9.17) is 9.15 Å². The van der Waals surface area contributed by atoms with E-state index in [1.165, 1.54) is 11.1 Å². The summed E-state index contributed by atoms with van der Waals surface area (Å²) in [4.78, 5) is 12.5. The van der Waals surface area contributed by atoms with Crippen LogP contribution in [0.25, 0.3) is 16.7 Å². The first-order valence-electron chi connectivity index (χ1n) is 10.6. The highest BCUT2D eigenvalue weighted by molar-refractivity contribution is 5.97. The molecule has 2 heterocycles. The summed E-state index contributed by atoms with van der Waals surface area (Å²) < 4.78 is 13.3. The van der Waals surface area contributed by atoms with Crippen LogP contribution >= 0.6 is 0 Å². The molecule has 0 aliphatic carbocycles. The van der Waals surface area contributed by atoms with Crippen molar-refractivity contribution in [1.29, 1.82) is 0 Å². The van der Waals surface area contributed by atoms with Crippen molar-refractivity contribution < 1.29 is 13.9 Å². The Morgan fingerprint density at radius 3 is 2.66 bits per heavy atom. The molecule has 1 N–H and O–H groups in total. The van der Waals surface area contributed by atoms with Crippen molar-refractivity contribution >= 4 is 23.1 Å². The highest BCUT2D eigenvalue weighted by Crippen LogP contribution is 2.25. The summed E-state index contributed by atoms with van der Waals surface area (Å²) in [5.74, 6) is 0.537. The number of aryl methyl sites for hydroxylation is 3. The second-order valence-corrected chi connectivity index (χ2v) is 7.89. The lowest BCUT2D eigenvalue weighted by atomic mass is 10.1. The predicted octanol–water partition coefficient (Wildman–Crippen LogP) is 5.62. The SMILES string of the molecule is CCOc1ccc2oc(C(=O)N/N=C/c3cc(C)n(-c4ccc(C)cc4C)c3C)cc2c1. The normalized spacial score (nSPS) is 11.4. The molecule has 0 saturated heterocycles. The molecule has 0 radical (unpaired) electrons. The fraction of sp³-hybridized carbons (Fsp3) is 0.231. The fourth-order valence-corrected chi connectivity index (χ4v) is 3.95. The number of hydrogen-bond donors (Lipinski definition) is 1. The monoisotopic (exact) mass is 429 g/mol. The average Bonchev–Trinajstić information content (AvgIpc) is 3.29. The van der Waals surface area contributed by atoms with Crippen molar-refractivity contribution in [2.24, 2.45) is 5.10 Å². The van der Waals surface area contributed by atoms with E-state index in [0.717, 1.165) is 33.8 Å². The van der Waals surface area contributed by atoms with E-state index in [2.05, 4.69) is 60.1 Å². The number of amides is 1. The van der Waals surface area contributed by atoms with E-state index in [1.807, 2.05) is 26.0 Å². The number of rotatable bonds is 6. The van der Waals surface area contributed by atoms with E-state index in [9.17, 15) is 4.79 Å². The van der Waals surface area contributed by atoms with E-state index in [-0.39, 0.29) is 5.76 Å². The Bertz CT molecular complexity index is 1330. The molecule has 0 spiro atoms. The predicted molar refractivity (Wildman–Crippen MR) is 127 cm³/mol. The van der Waals surface area contributed by atoms with Gasteiger partial charge in [-0.15, -0.1) is 0 Å². The van der Waals surface area contributed by atoms with Gasteiger partial charge in [0.15, 0.2) is 5.76 Å². The van der Waals surface area contributed by atoms with Gasteiger partial charge in [0.1, 0.15) is 11.3 Å². The minimum Gasteiger partial charge on any atom is -0.494 e. The third kappa shape index (κ3) is 4.17. The number of hydrogen-bond acceptors (Lipinski definition) is 4. The lowest BCUT2D eigenvalue weighted by Gasteiger charge is -2.13. The zero-order chi connectivity index (χ0) is 22.8. The van der Waals surface area contributed by atoms with Crippen LogP contribution in [0.1, 0.15) is 45.6 Å². The molecule has 0 unspecified atom stereocenters. The van der Waals surface area contributed by atoms with Crippen LogP contribution in [0.3, 0.4) is 0 Å². The molecule has 1 amide bonds. The number of aromatic nitrogens is 1. The number of carbonyl (C=O) groups excluding carboxylic acids is 1. The van der Waals surface area contributed by atoms with Gasteiger partial charge in [-0.1, -0.05) is 17.7 Å². The Hall–Kier alpha value is -3.80. The summed E-state index contributed by atoms with van der Waals surface area (Å²) in [7, 11) is 0. The molecule has 6 nitrogen and oxygen atoms in total. The van der Waals surface area contributed by atoms with Gasteiger partial charge >= 0.3 is 5.91 Å². The first-order chi connectivity index (χ1) is 15.4. The highest BCUT2D eigenvalue weighted by Gasteiger charge is 2.14. The Kier molecular flexibility index (Phi) is 5.86. The average molecular weight is 430 g/mol. The molecule has 4 aromatic rings. The summed E-state index contributed by atoms with van der Waals surface area (Å²) in [5, 5.41) is 4.97. The summed E-state index contributed by atoms with van der Waals surface area (Å²) in [6.07, 6.45) is 1.66. The fourth-order valence-electron chi connectivity index (χ4n) is 3.95.